The Balaban J connectivity index is 1.72. The van der Waals surface area contributed by atoms with Crippen LogP contribution in [-0.4, -0.2) is 11.9 Å². The molecule has 0 bridgehead atoms. The number of carbonyl (C=O) groups is 2. The first kappa shape index (κ1) is 16.8. The highest BCUT2D eigenvalue weighted by molar-refractivity contribution is 6.31. The standard InChI is InChI=1S/C19H14ClNO4/c20-15-8-3-1-6-13(15)12-25-19(23)14-7-2-4-9-16(14)21-18(22)17-10-5-11-24-17/h1-11H,12H2,(H,21,22). The summed E-state index contributed by atoms with van der Waals surface area (Å²) in [5.74, 6) is -0.856. The van der Waals surface area contributed by atoms with Crippen molar-refractivity contribution >= 4 is 29.2 Å². The fraction of sp³-hybridized carbons (Fsp3) is 0.0526. The highest BCUT2D eigenvalue weighted by Gasteiger charge is 2.16. The van der Waals surface area contributed by atoms with Gasteiger partial charge in [0.2, 0.25) is 0 Å². The van der Waals surface area contributed by atoms with Gasteiger partial charge in [-0.25, -0.2) is 4.79 Å². The summed E-state index contributed by atoms with van der Waals surface area (Å²) < 4.78 is 10.4. The Hall–Kier alpha value is -3.05. The number of furan rings is 1. The van der Waals surface area contributed by atoms with E-state index in [1.165, 1.54) is 12.3 Å². The topological polar surface area (TPSA) is 68.5 Å². The number of hydrogen-bond donors (Lipinski definition) is 1. The normalized spacial score (nSPS) is 10.3. The molecule has 0 spiro atoms. The number of nitrogens with one attached hydrogen (secondary N) is 1. The maximum Gasteiger partial charge on any atom is 0.340 e. The molecule has 126 valence electrons. The van der Waals surface area contributed by atoms with Crippen LogP contribution in [0.2, 0.25) is 5.02 Å². The predicted molar refractivity (Wildman–Crippen MR) is 93.7 cm³/mol. The average Bonchev–Trinajstić information content (AvgIpc) is 3.16. The van der Waals surface area contributed by atoms with Crippen LogP contribution in [0.15, 0.2) is 71.3 Å². The largest absolute Gasteiger partial charge is 0.459 e. The van der Waals surface area contributed by atoms with Gasteiger partial charge >= 0.3 is 5.97 Å². The van der Waals surface area contributed by atoms with Crippen LogP contribution in [0, 0.1) is 0 Å². The lowest BCUT2D eigenvalue weighted by Gasteiger charge is -2.11. The zero-order valence-electron chi connectivity index (χ0n) is 13.1. The molecule has 6 heteroatoms. The molecule has 2 aromatic carbocycles. The van der Waals surface area contributed by atoms with E-state index in [-0.39, 0.29) is 17.9 Å². The summed E-state index contributed by atoms with van der Waals surface area (Å²) in [6.07, 6.45) is 1.40. The van der Waals surface area contributed by atoms with Gasteiger partial charge in [-0.3, -0.25) is 4.79 Å². The summed E-state index contributed by atoms with van der Waals surface area (Å²) >= 11 is 6.05. The first-order valence-corrected chi connectivity index (χ1v) is 7.87. The van der Waals surface area contributed by atoms with E-state index in [1.54, 1.807) is 48.5 Å². The van der Waals surface area contributed by atoms with Crippen molar-refractivity contribution in [3.05, 3.63) is 88.8 Å². The molecule has 0 aliphatic carbocycles. The van der Waals surface area contributed by atoms with Crippen molar-refractivity contribution in [2.24, 2.45) is 0 Å². The Morgan fingerprint density at radius 2 is 1.76 bits per heavy atom. The molecule has 1 amide bonds. The number of anilines is 1. The number of ether oxygens (including phenoxy) is 1. The molecule has 1 aromatic heterocycles. The first-order chi connectivity index (χ1) is 12.1. The van der Waals surface area contributed by atoms with Crippen LogP contribution < -0.4 is 5.32 Å². The summed E-state index contributed by atoms with van der Waals surface area (Å²) in [5.41, 5.74) is 1.29. The van der Waals surface area contributed by atoms with Gasteiger partial charge in [0.25, 0.3) is 5.91 Å². The van der Waals surface area contributed by atoms with E-state index < -0.39 is 11.9 Å². The second-order valence-electron chi connectivity index (χ2n) is 5.14. The van der Waals surface area contributed by atoms with Gasteiger partial charge in [0.1, 0.15) is 6.61 Å². The Morgan fingerprint density at radius 3 is 2.52 bits per heavy atom. The van der Waals surface area contributed by atoms with Gasteiger partial charge in [-0.15, -0.1) is 0 Å². The average molecular weight is 356 g/mol. The molecule has 0 saturated carbocycles. The van der Waals surface area contributed by atoms with Gasteiger partial charge in [0, 0.05) is 10.6 Å². The molecular weight excluding hydrogens is 342 g/mol. The van der Waals surface area contributed by atoms with E-state index in [4.69, 9.17) is 20.8 Å². The van der Waals surface area contributed by atoms with Gasteiger partial charge in [-0.2, -0.15) is 0 Å². The predicted octanol–water partition coefficient (Wildman–Crippen LogP) is 4.54. The zero-order valence-corrected chi connectivity index (χ0v) is 13.8. The van der Waals surface area contributed by atoms with E-state index in [2.05, 4.69) is 5.32 Å². The zero-order chi connectivity index (χ0) is 17.6. The van der Waals surface area contributed by atoms with E-state index in [1.807, 2.05) is 6.07 Å². The molecule has 1 N–H and O–H groups in total. The lowest BCUT2D eigenvalue weighted by molar-refractivity contribution is 0.0474. The Morgan fingerprint density at radius 1 is 1.00 bits per heavy atom. The number of halogens is 1. The summed E-state index contributed by atoms with van der Waals surface area (Å²) in [6, 6.07) is 16.9. The van der Waals surface area contributed by atoms with Crippen molar-refractivity contribution in [2.45, 2.75) is 6.61 Å². The van der Waals surface area contributed by atoms with Crippen LogP contribution in [0.1, 0.15) is 26.5 Å². The Bertz CT molecular complexity index is 890. The Labute approximate surface area is 149 Å². The number of carbonyl (C=O) groups excluding carboxylic acids is 2. The fourth-order valence-electron chi connectivity index (χ4n) is 2.20. The van der Waals surface area contributed by atoms with Crippen LogP contribution in [0.4, 0.5) is 5.69 Å². The van der Waals surface area contributed by atoms with E-state index in [0.29, 0.717) is 16.3 Å². The third-order valence-electron chi connectivity index (χ3n) is 3.46. The molecule has 0 saturated heterocycles. The van der Waals surface area contributed by atoms with Crippen molar-refractivity contribution < 1.29 is 18.7 Å². The minimum atomic E-state index is -0.560. The number of para-hydroxylation sites is 1. The molecule has 25 heavy (non-hydrogen) atoms. The molecular formula is C19H14ClNO4. The maximum absolute atomic E-state index is 12.4. The lowest BCUT2D eigenvalue weighted by Crippen LogP contribution is -2.15. The van der Waals surface area contributed by atoms with Crippen molar-refractivity contribution in [3.63, 3.8) is 0 Å². The van der Waals surface area contributed by atoms with Crippen LogP contribution in [0.5, 0.6) is 0 Å². The van der Waals surface area contributed by atoms with Gasteiger partial charge < -0.3 is 14.5 Å². The molecule has 0 fully saturated rings. The van der Waals surface area contributed by atoms with Crippen molar-refractivity contribution in [1.29, 1.82) is 0 Å². The second-order valence-corrected chi connectivity index (χ2v) is 5.55. The van der Waals surface area contributed by atoms with Crippen LogP contribution in [0.25, 0.3) is 0 Å². The number of benzene rings is 2. The molecule has 5 nitrogen and oxygen atoms in total. The highest BCUT2D eigenvalue weighted by atomic mass is 35.5. The smallest absolute Gasteiger partial charge is 0.340 e. The van der Waals surface area contributed by atoms with E-state index in [0.717, 1.165) is 0 Å². The Kier molecular flexibility index (Phi) is 5.16. The van der Waals surface area contributed by atoms with Gasteiger partial charge in [0.15, 0.2) is 5.76 Å². The number of rotatable bonds is 5. The van der Waals surface area contributed by atoms with Crippen molar-refractivity contribution in [1.82, 2.24) is 0 Å². The maximum atomic E-state index is 12.4. The van der Waals surface area contributed by atoms with Crippen LogP contribution in [0.3, 0.4) is 0 Å². The van der Waals surface area contributed by atoms with Gasteiger partial charge in [0.05, 0.1) is 17.5 Å². The van der Waals surface area contributed by atoms with Gasteiger partial charge in [-0.1, -0.05) is 41.9 Å². The molecule has 0 aliphatic rings. The third-order valence-corrected chi connectivity index (χ3v) is 3.83. The first-order valence-electron chi connectivity index (χ1n) is 7.49. The van der Waals surface area contributed by atoms with E-state index in [9.17, 15) is 9.59 Å². The number of hydrogen-bond acceptors (Lipinski definition) is 4. The SMILES string of the molecule is O=C(Nc1ccccc1C(=O)OCc1ccccc1Cl)c1ccco1. The van der Waals surface area contributed by atoms with Crippen LogP contribution in [-0.2, 0) is 11.3 Å². The van der Waals surface area contributed by atoms with Crippen molar-refractivity contribution in [3.8, 4) is 0 Å². The monoisotopic (exact) mass is 355 g/mol. The number of amides is 1. The minimum Gasteiger partial charge on any atom is -0.459 e. The summed E-state index contributed by atoms with van der Waals surface area (Å²) in [4.78, 5) is 24.5. The van der Waals surface area contributed by atoms with E-state index >= 15 is 0 Å². The molecule has 3 aromatic rings. The quantitative estimate of drug-likeness (QED) is 0.682. The highest BCUT2D eigenvalue weighted by Crippen LogP contribution is 2.20. The summed E-state index contributed by atoms with van der Waals surface area (Å²) in [6.45, 7) is 0.0406. The second kappa shape index (κ2) is 7.68. The molecule has 0 atom stereocenters. The van der Waals surface area contributed by atoms with Gasteiger partial charge in [-0.05, 0) is 30.3 Å². The molecule has 1 heterocycles. The van der Waals surface area contributed by atoms with Crippen LogP contribution >= 0.6 is 11.6 Å². The lowest BCUT2D eigenvalue weighted by atomic mass is 10.1. The number of esters is 1. The molecule has 0 unspecified atom stereocenters. The molecule has 0 radical (unpaired) electrons. The fourth-order valence-corrected chi connectivity index (χ4v) is 2.39. The summed E-state index contributed by atoms with van der Waals surface area (Å²) in [5, 5.41) is 3.17. The minimum absolute atomic E-state index is 0.0406. The molecule has 0 aliphatic heterocycles. The molecule has 3 rings (SSSR count). The van der Waals surface area contributed by atoms with Crippen molar-refractivity contribution in [2.75, 3.05) is 5.32 Å². The summed E-state index contributed by atoms with van der Waals surface area (Å²) in [7, 11) is 0. The third kappa shape index (κ3) is 4.08.